The molecule has 3 aromatic rings. The maximum absolute atomic E-state index is 5.64. The van der Waals surface area contributed by atoms with Gasteiger partial charge in [-0.2, -0.15) is 25.0 Å². The highest BCUT2D eigenvalue weighted by molar-refractivity contribution is 5.34. The second-order valence-corrected chi connectivity index (χ2v) is 3.86. The Hall–Kier alpha value is -3.04. The lowest BCUT2D eigenvalue weighted by Gasteiger charge is -2.05. The van der Waals surface area contributed by atoms with E-state index in [2.05, 4.69) is 35.5 Å². The number of nitrogens with one attached hydrogen (secondary N) is 1. The molecule has 0 bridgehead atoms. The van der Waals surface area contributed by atoms with E-state index in [0.29, 0.717) is 30.2 Å². The van der Waals surface area contributed by atoms with E-state index in [1.807, 2.05) is 0 Å². The van der Waals surface area contributed by atoms with Crippen molar-refractivity contribution >= 4 is 11.9 Å². The van der Waals surface area contributed by atoms with Crippen LogP contribution < -0.4 is 11.1 Å². The quantitative estimate of drug-likeness (QED) is 0.670. The van der Waals surface area contributed by atoms with Crippen LogP contribution in [0.15, 0.2) is 23.0 Å². The lowest BCUT2D eigenvalue weighted by atomic mass is 10.6. The zero-order chi connectivity index (χ0) is 13.9. The largest absolute Gasteiger partial charge is 0.368 e. The molecule has 20 heavy (non-hydrogen) atoms. The van der Waals surface area contributed by atoms with Crippen LogP contribution in [0.5, 0.6) is 0 Å². The Balaban J connectivity index is 1.79. The second kappa shape index (κ2) is 4.91. The van der Waals surface area contributed by atoms with E-state index in [1.54, 1.807) is 25.4 Å². The van der Waals surface area contributed by atoms with Crippen LogP contribution in [-0.4, -0.2) is 34.9 Å². The molecule has 0 saturated carbocycles. The summed E-state index contributed by atoms with van der Waals surface area (Å²) in [7, 11) is 0. The van der Waals surface area contributed by atoms with Gasteiger partial charge in [0.2, 0.25) is 17.8 Å². The molecular weight excluding hydrogens is 262 g/mol. The SMILES string of the molecule is Cc1noc(CNc2nc(N)nc(-n3cccn3)n2)n1. The molecule has 3 heterocycles. The smallest absolute Gasteiger partial charge is 0.257 e. The van der Waals surface area contributed by atoms with Crippen molar-refractivity contribution in [2.24, 2.45) is 0 Å². The molecule has 0 atom stereocenters. The molecule has 0 aromatic carbocycles. The summed E-state index contributed by atoms with van der Waals surface area (Å²) in [6.07, 6.45) is 3.33. The van der Waals surface area contributed by atoms with E-state index >= 15 is 0 Å². The van der Waals surface area contributed by atoms with Gasteiger partial charge in [0, 0.05) is 12.4 Å². The maximum atomic E-state index is 5.64. The predicted molar refractivity (Wildman–Crippen MR) is 67.7 cm³/mol. The van der Waals surface area contributed by atoms with E-state index in [9.17, 15) is 0 Å². The highest BCUT2D eigenvalue weighted by atomic mass is 16.5. The van der Waals surface area contributed by atoms with Crippen LogP contribution in [0.3, 0.4) is 0 Å². The monoisotopic (exact) mass is 273 g/mol. The fraction of sp³-hybridized carbons (Fsp3) is 0.200. The number of anilines is 2. The van der Waals surface area contributed by atoms with Crippen LogP contribution in [-0.2, 0) is 6.54 Å². The molecule has 0 aliphatic carbocycles. The van der Waals surface area contributed by atoms with E-state index in [4.69, 9.17) is 10.3 Å². The second-order valence-electron chi connectivity index (χ2n) is 3.86. The molecule has 3 N–H and O–H groups in total. The standard InChI is InChI=1S/C10H11N9O/c1-6-14-7(20-18-6)5-12-9-15-8(11)16-10(17-9)19-4-2-3-13-19/h2-4H,5H2,1H3,(H3,11,12,15,16,17). The zero-order valence-electron chi connectivity index (χ0n) is 10.6. The molecule has 3 rings (SSSR count). The number of hydrogen-bond acceptors (Lipinski definition) is 9. The summed E-state index contributed by atoms with van der Waals surface area (Å²) in [5, 5.41) is 10.7. The van der Waals surface area contributed by atoms with E-state index in [1.165, 1.54) is 4.68 Å². The Morgan fingerprint density at radius 3 is 2.90 bits per heavy atom. The Morgan fingerprint density at radius 1 is 1.30 bits per heavy atom. The molecule has 102 valence electrons. The molecule has 0 spiro atoms. The minimum Gasteiger partial charge on any atom is -0.368 e. The molecule has 0 unspecified atom stereocenters. The third kappa shape index (κ3) is 2.53. The van der Waals surface area contributed by atoms with Crippen molar-refractivity contribution < 1.29 is 4.52 Å². The van der Waals surface area contributed by atoms with Crippen LogP contribution in [0, 0.1) is 6.92 Å². The van der Waals surface area contributed by atoms with Crippen molar-refractivity contribution in [3.63, 3.8) is 0 Å². The average molecular weight is 273 g/mol. The fourth-order valence-electron chi connectivity index (χ4n) is 1.52. The Bertz CT molecular complexity index is 705. The van der Waals surface area contributed by atoms with Crippen molar-refractivity contribution in [3.05, 3.63) is 30.2 Å². The molecule has 3 aromatic heterocycles. The van der Waals surface area contributed by atoms with Gasteiger partial charge in [-0.3, -0.25) is 0 Å². The minimum absolute atomic E-state index is 0.0923. The first kappa shape index (κ1) is 12.0. The molecule has 0 amide bonds. The van der Waals surface area contributed by atoms with Gasteiger partial charge < -0.3 is 15.6 Å². The number of nitrogens with zero attached hydrogens (tertiary/aromatic N) is 7. The first-order valence-corrected chi connectivity index (χ1v) is 5.75. The highest BCUT2D eigenvalue weighted by Gasteiger charge is 2.08. The lowest BCUT2D eigenvalue weighted by Crippen LogP contribution is -2.11. The number of nitrogen functional groups attached to an aromatic ring is 1. The summed E-state index contributed by atoms with van der Waals surface area (Å²) in [5.41, 5.74) is 5.64. The summed E-state index contributed by atoms with van der Waals surface area (Å²) in [5.74, 6) is 1.72. The molecule has 10 nitrogen and oxygen atoms in total. The van der Waals surface area contributed by atoms with Gasteiger partial charge in [-0.25, -0.2) is 4.68 Å². The maximum Gasteiger partial charge on any atom is 0.257 e. The molecular formula is C10H11N9O. The predicted octanol–water partition coefficient (Wildman–Crippen LogP) is -0.0570. The minimum atomic E-state index is 0.0923. The number of aryl methyl sites for hydroxylation is 1. The third-order valence-electron chi connectivity index (χ3n) is 2.32. The Kier molecular flexibility index (Phi) is 2.95. The van der Waals surface area contributed by atoms with Gasteiger partial charge in [-0.1, -0.05) is 5.16 Å². The summed E-state index contributed by atoms with van der Waals surface area (Å²) in [6, 6.07) is 1.76. The number of aromatic nitrogens is 7. The number of hydrogen-bond donors (Lipinski definition) is 2. The van der Waals surface area contributed by atoms with Crippen molar-refractivity contribution in [2.75, 3.05) is 11.1 Å². The lowest BCUT2D eigenvalue weighted by molar-refractivity contribution is 0.379. The highest BCUT2D eigenvalue weighted by Crippen LogP contribution is 2.07. The summed E-state index contributed by atoms with van der Waals surface area (Å²) in [6.45, 7) is 2.03. The van der Waals surface area contributed by atoms with Gasteiger partial charge in [0.25, 0.3) is 5.95 Å². The topological polar surface area (TPSA) is 133 Å². The van der Waals surface area contributed by atoms with Crippen molar-refractivity contribution in [1.29, 1.82) is 0 Å². The molecule has 0 aliphatic rings. The van der Waals surface area contributed by atoms with Crippen molar-refractivity contribution in [3.8, 4) is 5.95 Å². The molecule has 0 radical (unpaired) electrons. The van der Waals surface area contributed by atoms with Gasteiger partial charge >= 0.3 is 0 Å². The number of nitrogens with two attached hydrogens (primary N) is 1. The van der Waals surface area contributed by atoms with Crippen molar-refractivity contribution in [2.45, 2.75) is 13.5 Å². The third-order valence-corrected chi connectivity index (χ3v) is 2.32. The molecule has 0 aliphatic heterocycles. The summed E-state index contributed by atoms with van der Waals surface area (Å²) < 4.78 is 6.46. The first-order valence-electron chi connectivity index (χ1n) is 5.75. The van der Waals surface area contributed by atoms with Gasteiger partial charge in [-0.15, -0.1) is 0 Å². The summed E-state index contributed by atoms with van der Waals surface area (Å²) >= 11 is 0. The first-order chi connectivity index (χ1) is 9.70. The Morgan fingerprint density at radius 2 is 2.20 bits per heavy atom. The van der Waals surface area contributed by atoms with Gasteiger partial charge in [0.05, 0.1) is 6.54 Å². The van der Waals surface area contributed by atoms with Crippen LogP contribution in [0.1, 0.15) is 11.7 Å². The molecule has 10 heteroatoms. The zero-order valence-corrected chi connectivity index (χ0v) is 10.6. The van der Waals surface area contributed by atoms with Crippen LogP contribution >= 0.6 is 0 Å². The van der Waals surface area contributed by atoms with Gasteiger partial charge in [0.1, 0.15) is 0 Å². The van der Waals surface area contributed by atoms with Crippen LogP contribution in [0.25, 0.3) is 5.95 Å². The van der Waals surface area contributed by atoms with E-state index in [0.717, 1.165) is 0 Å². The fourth-order valence-corrected chi connectivity index (χ4v) is 1.52. The van der Waals surface area contributed by atoms with Gasteiger partial charge in [-0.05, 0) is 13.0 Å². The van der Waals surface area contributed by atoms with Gasteiger partial charge in [0.15, 0.2) is 5.82 Å². The van der Waals surface area contributed by atoms with E-state index < -0.39 is 0 Å². The average Bonchev–Trinajstić information content (AvgIpc) is 3.07. The molecule has 0 fully saturated rings. The molecule has 0 saturated heterocycles. The van der Waals surface area contributed by atoms with Crippen LogP contribution in [0.4, 0.5) is 11.9 Å². The summed E-state index contributed by atoms with van der Waals surface area (Å²) in [4.78, 5) is 16.2. The van der Waals surface area contributed by atoms with E-state index in [-0.39, 0.29) is 5.95 Å². The van der Waals surface area contributed by atoms with Crippen molar-refractivity contribution in [1.82, 2.24) is 34.9 Å². The number of rotatable bonds is 4. The normalized spacial score (nSPS) is 10.7. The van der Waals surface area contributed by atoms with Crippen LogP contribution in [0.2, 0.25) is 0 Å². The Labute approximate surface area is 113 Å².